The van der Waals surface area contributed by atoms with Gasteiger partial charge in [0.2, 0.25) is 5.91 Å². The van der Waals surface area contributed by atoms with E-state index in [4.69, 9.17) is 5.26 Å². The van der Waals surface area contributed by atoms with E-state index in [9.17, 15) is 4.79 Å². The average molecular weight is 234 g/mol. The number of rotatable bonds is 4. The summed E-state index contributed by atoms with van der Waals surface area (Å²) in [6.45, 7) is 4.19. The molecule has 0 saturated carbocycles. The number of amides is 1. The second kappa shape index (κ2) is 6.19. The van der Waals surface area contributed by atoms with Gasteiger partial charge in [0.05, 0.1) is 11.8 Å². The zero-order valence-electron chi connectivity index (χ0n) is 9.36. The quantitative estimate of drug-likeness (QED) is 0.815. The molecule has 1 rings (SSSR count). The summed E-state index contributed by atoms with van der Waals surface area (Å²) in [5.74, 6) is -0.265. The van der Waals surface area contributed by atoms with Crippen LogP contribution in [0.4, 0.5) is 5.69 Å². The first-order valence-electron chi connectivity index (χ1n) is 5.06. The van der Waals surface area contributed by atoms with Gasteiger partial charge >= 0.3 is 0 Å². The van der Waals surface area contributed by atoms with Crippen molar-refractivity contribution in [1.82, 2.24) is 0 Å². The third-order valence-corrected chi connectivity index (χ3v) is 2.84. The molecule has 0 aromatic heterocycles. The Morgan fingerprint density at radius 3 is 2.81 bits per heavy atom. The van der Waals surface area contributed by atoms with E-state index in [0.717, 1.165) is 10.6 Å². The lowest BCUT2D eigenvalue weighted by Gasteiger charge is -2.11. The van der Waals surface area contributed by atoms with Crippen LogP contribution in [0.15, 0.2) is 29.2 Å². The van der Waals surface area contributed by atoms with E-state index in [1.807, 2.05) is 30.3 Å². The summed E-state index contributed by atoms with van der Waals surface area (Å²) in [5, 5.41) is 11.6. The van der Waals surface area contributed by atoms with Gasteiger partial charge in [-0.25, -0.2) is 0 Å². The molecule has 16 heavy (non-hydrogen) atoms. The molecule has 0 aliphatic carbocycles. The first kappa shape index (κ1) is 12.6. The van der Waals surface area contributed by atoms with Crippen LogP contribution in [-0.4, -0.2) is 11.2 Å². The Morgan fingerprint density at radius 2 is 2.19 bits per heavy atom. The highest BCUT2D eigenvalue weighted by atomic mass is 32.2. The Bertz CT molecular complexity index is 410. The summed E-state index contributed by atoms with van der Waals surface area (Å²) in [5.41, 5.74) is 0.779. The predicted molar refractivity (Wildman–Crippen MR) is 66.3 cm³/mol. The molecular formula is C12H14N2OS. The number of thioether (sulfide) groups is 1. The first-order chi connectivity index (χ1) is 7.63. The Labute approximate surface area is 99.8 Å². The fraction of sp³-hybridized carbons (Fsp3) is 0.333. The van der Waals surface area contributed by atoms with Crippen LogP contribution in [0.5, 0.6) is 0 Å². The first-order valence-corrected chi connectivity index (χ1v) is 5.94. The molecule has 4 heteroatoms. The minimum absolute atomic E-state index is 0.110. The molecular weight excluding hydrogens is 220 g/mol. The Hall–Kier alpha value is -1.47. The topological polar surface area (TPSA) is 52.9 Å². The summed E-state index contributed by atoms with van der Waals surface area (Å²) < 4.78 is 0. The van der Waals surface area contributed by atoms with Crippen LogP contribution >= 0.6 is 11.8 Å². The SMILES string of the molecule is CC(C)Sc1ccccc1NC(=O)CC#N. The van der Waals surface area contributed by atoms with Crippen molar-refractivity contribution in [3.63, 3.8) is 0 Å². The molecule has 0 aliphatic heterocycles. The number of nitriles is 1. The smallest absolute Gasteiger partial charge is 0.238 e. The standard InChI is InChI=1S/C12H14N2OS/c1-9(2)16-11-6-4-3-5-10(11)14-12(15)7-8-13/h3-6,9H,7H2,1-2H3,(H,14,15). The number of hydrogen-bond donors (Lipinski definition) is 1. The maximum absolute atomic E-state index is 11.3. The van der Waals surface area contributed by atoms with Crippen LogP contribution in [0.1, 0.15) is 20.3 Å². The summed E-state index contributed by atoms with van der Waals surface area (Å²) in [6.07, 6.45) is -0.110. The van der Waals surface area contributed by atoms with Gasteiger partial charge in [-0.15, -0.1) is 11.8 Å². The normalized spacial score (nSPS) is 9.88. The highest BCUT2D eigenvalue weighted by Crippen LogP contribution is 2.30. The van der Waals surface area contributed by atoms with Crippen LogP contribution in [0.25, 0.3) is 0 Å². The molecule has 0 atom stereocenters. The van der Waals surface area contributed by atoms with Gasteiger partial charge in [-0.1, -0.05) is 26.0 Å². The lowest BCUT2D eigenvalue weighted by Crippen LogP contribution is -2.11. The summed E-state index contributed by atoms with van der Waals surface area (Å²) in [4.78, 5) is 12.3. The third-order valence-electron chi connectivity index (χ3n) is 1.76. The highest BCUT2D eigenvalue weighted by molar-refractivity contribution is 8.00. The second-order valence-corrected chi connectivity index (χ2v) is 5.16. The molecule has 84 valence electrons. The number of nitrogens with zero attached hydrogens (tertiary/aromatic N) is 1. The lowest BCUT2D eigenvalue weighted by atomic mass is 10.3. The number of anilines is 1. The van der Waals surface area contributed by atoms with Crippen LogP contribution in [0.3, 0.4) is 0 Å². The van der Waals surface area contributed by atoms with Crippen LogP contribution in [-0.2, 0) is 4.79 Å². The number of nitrogens with one attached hydrogen (secondary N) is 1. The van der Waals surface area contributed by atoms with Crippen LogP contribution in [0.2, 0.25) is 0 Å². The van der Waals surface area contributed by atoms with Gasteiger partial charge in [0.1, 0.15) is 6.42 Å². The number of hydrogen-bond acceptors (Lipinski definition) is 3. The molecule has 0 fully saturated rings. The molecule has 1 N–H and O–H groups in total. The number of para-hydroxylation sites is 1. The molecule has 1 aromatic rings. The maximum Gasteiger partial charge on any atom is 0.238 e. The van der Waals surface area contributed by atoms with Crippen molar-refractivity contribution in [3.05, 3.63) is 24.3 Å². The van der Waals surface area contributed by atoms with E-state index in [1.54, 1.807) is 11.8 Å². The summed E-state index contributed by atoms with van der Waals surface area (Å²) >= 11 is 1.69. The number of carbonyl (C=O) groups excluding carboxylic acids is 1. The molecule has 1 aromatic carbocycles. The summed E-state index contributed by atoms with van der Waals surface area (Å²) in [6, 6.07) is 9.44. The van der Waals surface area contributed by atoms with E-state index in [1.165, 1.54) is 0 Å². The minimum Gasteiger partial charge on any atom is -0.324 e. The van der Waals surface area contributed by atoms with Gasteiger partial charge < -0.3 is 5.32 Å². The van der Waals surface area contributed by atoms with Crippen LogP contribution in [0, 0.1) is 11.3 Å². The lowest BCUT2D eigenvalue weighted by molar-refractivity contribution is -0.115. The summed E-state index contributed by atoms with van der Waals surface area (Å²) in [7, 11) is 0. The fourth-order valence-electron chi connectivity index (χ4n) is 1.19. The second-order valence-electron chi connectivity index (χ2n) is 3.55. The van der Waals surface area contributed by atoms with Gasteiger partial charge in [0, 0.05) is 10.1 Å². The van der Waals surface area contributed by atoms with Crippen molar-refractivity contribution in [1.29, 1.82) is 5.26 Å². The number of benzene rings is 1. The molecule has 0 bridgehead atoms. The van der Waals surface area contributed by atoms with E-state index in [2.05, 4.69) is 19.2 Å². The zero-order valence-corrected chi connectivity index (χ0v) is 10.2. The van der Waals surface area contributed by atoms with Crippen LogP contribution < -0.4 is 5.32 Å². The zero-order chi connectivity index (χ0) is 12.0. The van der Waals surface area contributed by atoms with Gasteiger partial charge in [0.15, 0.2) is 0 Å². The molecule has 0 radical (unpaired) electrons. The fourth-order valence-corrected chi connectivity index (χ4v) is 2.10. The third kappa shape index (κ3) is 3.95. The Balaban J connectivity index is 2.79. The molecule has 1 amide bonds. The van der Waals surface area contributed by atoms with Gasteiger partial charge in [0.25, 0.3) is 0 Å². The van der Waals surface area contributed by atoms with Crippen molar-refractivity contribution in [2.45, 2.75) is 30.4 Å². The Kier molecular flexibility index (Phi) is 4.87. The highest BCUT2D eigenvalue weighted by Gasteiger charge is 2.07. The average Bonchev–Trinajstić information content (AvgIpc) is 2.20. The van der Waals surface area contributed by atoms with Crippen molar-refractivity contribution in [2.24, 2.45) is 0 Å². The van der Waals surface area contributed by atoms with Gasteiger partial charge in [-0.2, -0.15) is 5.26 Å². The molecule has 0 unspecified atom stereocenters. The largest absolute Gasteiger partial charge is 0.324 e. The minimum atomic E-state index is -0.265. The van der Waals surface area contributed by atoms with Gasteiger partial charge in [-0.3, -0.25) is 4.79 Å². The molecule has 0 aliphatic rings. The van der Waals surface area contributed by atoms with E-state index >= 15 is 0 Å². The van der Waals surface area contributed by atoms with E-state index in [0.29, 0.717) is 5.25 Å². The predicted octanol–water partition coefficient (Wildman–Crippen LogP) is 3.04. The van der Waals surface area contributed by atoms with Gasteiger partial charge in [-0.05, 0) is 12.1 Å². The van der Waals surface area contributed by atoms with E-state index < -0.39 is 0 Å². The van der Waals surface area contributed by atoms with E-state index in [-0.39, 0.29) is 12.3 Å². The molecule has 0 heterocycles. The molecule has 3 nitrogen and oxygen atoms in total. The maximum atomic E-state index is 11.3. The number of carbonyl (C=O) groups is 1. The van der Waals surface area contributed by atoms with Crippen molar-refractivity contribution in [3.8, 4) is 6.07 Å². The molecule has 0 saturated heterocycles. The van der Waals surface area contributed by atoms with Crippen molar-refractivity contribution in [2.75, 3.05) is 5.32 Å². The van der Waals surface area contributed by atoms with Crippen molar-refractivity contribution >= 4 is 23.4 Å². The van der Waals surface area contributed by atoms with Crippen molar-refractivity contribution < 1.29 is 4.79 Å². The molecule has 0 spiro atoms. The monoisotopic (exact) mass is 234 g/mol. The Morgan fingerprint density at radius 1 is 1.50 bits per heavy atom.